The van der Waals surface area contributed by atoms with Gasteiger partial charge in [0.05, 0.1) is 6.61 Å². The van der Waals surface area contributed by atoms with Crippen molar-refractivity contribution in [2.24, 2.45) is 5.92 Å². The van der Waals surface area contributed by atoms with E-state index < -0.39 is 0 Å². The van der Waals surface area contributed by atoms with Crippen molar-refractivity contribution in [3.8, 4) is 5.75 Å². The predicted molar refractivity (Wildman–Crippen MR) is 101 cm³/mol. The Balaban J connectivity index is 1.59. The van der Waals surface area contributed by atoms with E-state index in [4.69, 9.17) is 4.74 Å². The lowest BCUT2D eigenvalue weighted by Gasteiger charge is -2.19. The number of hydrogen-bond acceptors (Lipinski definition) is 3. The largest absolute Gasteiger partial charge is 0.494 e. The molecule has 2 N–H and O–H groups in total. The van der Waals surface area contributed by atoms with Gasteiger partial charge in [-0.2, -0.15) is 0 Å². The van der Waals surface area contributed by atoms with Crippen molar-refractivity contribution >= 4 is 16.8 Å². The number of aromatic nitrogens is 1. The fourth-order valence-electron chi connectivity index (χ4n) is 3.37. The summed E-state index contributed by atoms with van der Waals surface area (Å²) in [5.41, 5.74) is 1.55. The van der Waals surface area contributed by atoms with Gasteiger partial charge in [0, 0.05) is 23.5 Å². The Morgan fingerprint density at radius 2 is 2.24 bits per heavy atom. The number of aromatic amines is 1. The molecule has 1 aromatic carbocycles. The van der Waals surface area contributed by atoms with Crippen LogP contribution in [0.2, 0.25) is 0 Å². The first-order valence-corrected chi connectivity index (χ1v) is 9.27. The lowest BCUT2D eigenvalue weighted by atomic mass is 10.1. The van der Waals surface area contributed by atoms with Crippen LogP contribution in [-0.2, 0) is 0 Å². The Morgan fingerprint density at radius 3 is 2.96 bits per heavy atom. The van der Waals surface area contributed by atoms with Crippen molar-refractivity contribution in [3.05, 3.63) is 30.0 Å². The SMILES string of the molecule is CC(C)CNC(=O)c1cc2cc(OCCC3CCCN3C)ccc2[nH]1. The van der Waals surface area contributed by atoms with Gasteiger partial charge in [0.25, 0.3) is 5.91 Å². The number of ether oxygens (including phenoxy) is 1. The number of carbonyl (C=O) groups is 1. The van der Waals surface area contributed by atoms with E-state index in [0.29, 0.717) is 24.2 Å². The predicted octanol–water partition coefficient (Wildman–Crippen LogP) is 3.42. The molecule has 1 unspecified atom stereocenters. The normalized spacial score (nSPS) is 18.2. The molecule has 1 fully saturated rings. The minimum atomic E-state index is -0.0587. The molecule has 1 aromatic heterocycles. The van der Waals surface area contributed by atoms with E-state index in [1.54, 1.807) is 0 Å². The summed E-state index contributed by atoms with van der Waals surface area (Å²) < 4.78 is 5.93. The molecule has 0 radical (unpaired) electrons. The van der Waals surface area contributed by atoms with Crippen molar-refractivity contribution in [1.29, 1.82) is 0 Å². The van der Waals surface area contributed by atoms with Crippen LogP contribution in [0.3, 0.4) is 0 Å². The molecule has 0 bridgehead atoms. The molecule has 5 nitrogen and oxygen atoms in total. The van der Waals surface area contributed by atoms with Crippen LogP contribution in [0.1, 0.15) is 43.6 Å². The summed E-state index contributed by atoms with van der Waals surface area (Å²) in [6.45, 7) is 6.77. The quantitative estimate of drug-likeness (QED) is 0.810. The molecular weight excluding hydrogens is 314 g/mol. The Labute approximate surface area is 149 Å². The minimum Gasteiger partial charge on any atom is -0.494 e. The average Bonchev–Trinajstić information content (AvgIpc) is 3.18. The van der Waals surface area contributed by atoms with Crippen LogP contribution in [0.5, 0.6) is 5.75 Å². The molecule has 1 aliphatic heterocycles. The first-order valence-electron chi connectivity index (χ1n) is 9.27. The van der Waals surface area contributed by atoms with Gasteiger partial charge in [0.15, 0.2) is 0 Å². The molecule has 0 saturated carbocycles. The van der Waals surface area contributed by atoms with Gasteiger partial charge in [0.1, 0.15) is 11.4 Å². The molecule has 5 heteroatoms. The second-order valence-electron chi connectivity index (χ2n) is 7.45. The number of benzene rings is 1. The number of fused-ring (bicyclic) bond motifs is 1. The van der Waals surface area contributed by atoms with Crippen molar-refractivity contribution in [2.45, 2.75) is 39.2 Å². The Morgan fingerprint density at radius 1 is 1.40 bits per heavy atom. The second kappa shape index (κ2) is 7.91. The van der Waals surface area contributed by atoms with Crippen LogP contribution in [-0.4, -0.2) is 48.6 Å². The third kappa shape index (κ3) is 4.54. The van der Waals surface area contributed by atoms with Crippen LogP contribution in [0, 0.1) is 5.92 Å². The highest BCUT2D eigenvalue weighted by Crippen LogP contribution is 2.23. The topological polar surface area (TPSA) is 57.4 Å². The van der Waals surface area contributed by atoms with E-state index in [1.807, 2.05) is 24.3 Å². The molecule has 2 heterocycles. The van der Waals surface area contributed by atoms with E-state index >= 15 is 0 Å². The third-order valence-corrected chi connectivity index (χ3v) is 4.90. The Bertz CT molecular complexity index is 723. The maximum atomic E-state index is 12.2. The molecular formula is C20H29N3O2. The maximum Gasteiger partial charge on any atom is 0.267 e. The van der Waals surface area contributed by atoms with Gasteiger partial charge in [-0.1, -0.05) is 13.8 Å². The molecule has 136 valence electrons. The van der Waals surface area contributed by atoms with E-state index in [9.17, 15) is 4.79 Å². The molecule has 3 rings (SSSR count). The highest BCUT2D eigenvalue weighted by molar-refractivity contribution is 5.98. The summed E-state index contributed by atoms with van der Waals surface area (Å²) in [5, 5.41) is 3.94. The summed E-state index contributed by atoms with van der Waals surface area (Å²) in [6.07, 6.45) is 3.62. The second-order valence-corrected chi connectivity index (χ2v) is 7.45. The molecule has 1 amide bonds. The summed E-state index contributed by atoms with van der Waals surface area (Å²) in [4.78, 5) is 17.8. The zero-order valence-corrected chi connectivity index (χ0v) is 15.5. The van der Waals surface area contributed by atoms with Crippen molar-refractivity contribution in [1.82, 2.24) is 15.2 Å². The highest BCUT2D eigenvalue weighted by Gasteiger charge is 2.20. The zero-order chi connectivity index (χ0) is 17.8. The third-order valence-electron chi connectivity index (χ3n) is 4.90. The summed E-state index contributed by atoms with van der Waals surface area (Å²) >= 11 is 0. The van der Waals surface area contributed by atoms with Gasteiger partial charge >= 0.3 is 0 Å². The van der Waals surface area contributed by atoms with E-state index in [2.05, 4.69) is 36.1 Å². The van der Waals surface area contributed by atoms with E-state index in [0.717, 1.165) is 29.7 Å². The fraction of sp³-hybridized carbons (Fsp3) is 0.550. The van der Waals surface area contributed by atoms with Gasteiger partial charge in [-0.25, -0.2) is 0 Å². The van der Waals surface area contributed by atoms with Gasteiger partial charge in [-0.3, -0.25) is 4.79 Å². The van der Waals surface area contributed by atoms with E-state index in [-0.39, 0.29) is 5.91 Å². The number of nitrogens with zero attached hydrogens (tertiary/aromatic N) is 1. The molecule has 1 atom stereocenters. The smallest absolute Gasteiger partial charge is 0.267 e. The van der Waals surface area contributed by atoms with Crippen LogP contribution in [0.15, 0.2) is 24.3 Å². The number of H-pyrrole nitrogens is 1. The van der Waals surface area contributed by atoms with Crippen LogP contribution >= 0.6 is 0 Å². The number of nitrogens with one attached hydrogen (secondary N) is 2. The van der Waals surface area contributed by atoms with Gasteiger partial charge in [-0.05, 0) is 63.0 Å². The van der Waals surface area contributed by atoms with Crippen LogP contribution in [0.4, 0.5) is 0 Å². The zero-order valence-electron chi connectivity index (χ0n) is 15.5. The van der Waals surface area contributed by atoms with Crippen molar-refractivity contribution < 1.29 is 9.53 Å². The standard InChI is InChI=1S/C20H29N3O2/c1-14(2)13-21-20(24)19-12-15-11-17(6-7-18(15)22-19)25-10-8-16-5-4-9-23(16)3/h6-7,11-12,14,16,22H,4-5,8-10,13H2,1-3H3,(H,21,24). The molecule has 1 aliphatic rings. The summed E-state index contributed by atoms with van der Waals surface area (Å²) in [5.74, 6) is 1.24. The first kappa shape index (κ1) is 17.8. The number of likely N-dealkylation sites (tertiary alicyclic amines) is 1. The van der Waals surface area contributed by atoms with Crippen LogP contribution in [0.25, 0.3) is 10.9 Å². The van der Waals surface area contributed by atoms with E-state index in [1.165, 1.54) is 19.4 Å². The lowest BCUT2D eigenvalue weighted by molar-refractivity contribution is 0.0945. The number of carbonyl (C=O) groups excluding carboxylic acids is 1. The molecule has 1 saturated heterocycles. The minimum absolute atomic E-state index is 0.0587. The van der Waals surface area contributed by atoms with Crippen molar-refractivity contribution in [3.63, 3.8) is 0 Å². The lowest BCUT2D eigenvalue weighted by Crippen LogP contribution is -2.27. The fourth-order valence-corrected chi connectivity index (χ4v) is 3.37. The van der Waals surface area contributed by atoms with Crippen molar-refractivity contribution in [2.75, 3.05) is 26.7 Å². The monoisotopic (exact) mass is 343 g/mol. The van der Waals surface area contributed by atoms with Crippen LogP contribution < -0.4 is 10.1 Å². The molecule has 2 aromatic rings. The van der Waals surface area contributed by atoms with Gasteiger partial charge in [0.2, 0.25) is 0 Å². The molecule has 0 aliphatic carbocycles. The maximum absolute atomic E-state index is 12.2. The summed E-state index contributed by atoms with van der Waals surface area (Å²) in [7, 11) is 2.19. The average molecular weight is 343 g/mol. The highest BCUT2D eigenvalue weighted by atomic mass is 16.5. The molecule has 0 spiro atoms. The molecule has 25 heavy (non-hydrogen) atoms. The number of rotatable bonds is 7. The van der Waals surface area contributed by atoms with Gasteiger partial charge < -0.3 is 19.9 Å². The Kier molecular flexibility index (Phi) is 5.63. The number of hydrogen-bond donors (Lipinski definition) is 2. The Hall–Kier alpha value is -2.01. The first-order chi connectivity index (χ1) is 12.0. The van der Waals surface area contributed by atoms with Gasteiger partial charge in [-0.15, -0.1) is 0 Å². The number of amides is 1. The summed E-state index contributed by atoms with van der Waals surface area (Å²) in [6, 6.07) is 8.48.